The first-order valence-electron chi connectivity index (χ1n) is 9.78. The number of halogens is 1. The van der Waals surface area contributed by atoms with Crippen molar-refractivity contribution in [2.75, 3.05) is 6.54 Å². The first kappa shape index (κ1) is 22.0. The number of hydrogen-bond donors (Lipinski definition) is 1. The molecule has 1 N–H and O–H groups in total. The Labute approximate surface area is 176 Å². The van der Waals surface area contributed by atoms with Gasteiger partial charge in [-0.05, 0) is 44.8 Å². The summed E-state index contributed by atoms with van der Waals surface area (Å²) in [6, 6.07) is 10.9. The molecule has 0 radical (unpaired) electrons. The van der Waals surface area contributed by atoms with Gasteiger partial charge in [-0.15, -0.1) is 0 Å². The third-order valence-electron chi connectivity index (χ3n) is 5.35. The molecule has 158 valence electrons. The van der Waals surface area contributed by atoms with Crippen LogP contribution in [0.5, 0.6) is 0 Å². The second-order valence-electron chi connectivity index (χ2n) is 8.12. The summed E-state index contributed by atoms with van der Waals surface area (Å²) in [5, 5.41) is 2.70. The van der Waals surface area contributed by atoms with E-state index in [0.29, 0.717) is 11.0 Å². The molecule has 8 heteroatoms. The lowest BCUT2D eigenvalue weighted by molar-refractivity contribution is 0.00578. The van der Waals surface area contributed by atoms with Crippen LogP contribution in [0.4, 0.5) is 9.18 Å². The van der Waals surface area contributed by atoms with Gasteiger partial charge in [-0.1, -0.05) is 36.4 Å². The van der Waals surface area contributed by atoms with E-state index in [4.69, 9.17) is 14.0 Å². The van der Waals surface area contributed by atoms with Gasteiger partial charge in [-0.2, -0.15) is 0 Å². The molecule has 30 heavy (non-hydrogen) atoms. The highest BCUT2D eigenvalue weighted by molar-refractivity contribution is 6.56. The van der Waals surface area contributed by atoms with Gasteiger partial charge in [0, 0.05) is 18.3 Å². The number of carbonyl (C=O) groups is 1. The maximum absolute atomic E-state index is 14.1. The standard InChI is InChI=1S/C22H26BFN2O4/c1-21(2)22(3,4)30-23(29-21)18(12-17-10-11-25-14-19(17)24)13-26-20(27)28-15-16-8-6-5-7-9-16/h5-12,14H,13,15H2,1-4H3,(H,26,27). The molecule has 0 bridgehead atoms. The molecule has 1 fully saturated rings. The zero-order valence-corrected chi connectivity index (χ0v) is 17.6. The van der Waals surface area contributed by atoms with Gasteiger partial charge in [-0.3, -0.25) is 4.98 Å². The van der Waals surface area contributed by atoms with Crippen LogP contribution < -0.4 is 5.32 Å². The van der Waals surface area contributed by atoms with Crippen LogP contribution in [0, 0.1) is 5.82 Å². The number of amides is 1. The summed E-state index contributed by atoms with van der Waals surface area (Å²) >= 11 is 0. The van der Waals surface area contributed by atoms with Crippen molar-refractivity contribution in [3.63, 3.8) is 0 Å². The van der Waals surface area contributed by atoms with Crippen molar-refractivity contribution in [2.45, 2.75) is 45.5 Å². The van der Waals surface area contributed by atoms with Gasteiger partial charge in [0.05, 0.1) is 17.4 Å². The van der Waals surface area contributed by atoms with Crippen LogP contribution in [0.3, 0.4) is 0 Å². The second-order valence-corrected chi connectivity index (χ2v) is 8.12. The number of aromatic nitrogens is 1. The molecule has 0 spiro atoms. The molecule has 3 rings (SSSR count). The first-order valence-corrected chi connectivity index (χ1v) is 9.78. The molecule has 1 amide bonds. The van der Waals surface area contributed by atoms with E-state index in [0.717, 1.165) is 11.8 Å². The number of carbonyl (C=O) groups excluding carboxylic acids is 1. The molecule has 6 nitrogen and oxygen atoms in total. The summed E-state index contributed by atoms with van der Waals surface area (Å²) in [5.74, 6) is -0.474. The van der Waals surface area contributed by atoms with E-state index < -0.39 is 30.2 Å². The number of alkyl carbamates (subject to hydrolysis) is 1. The molecule has 0 aliphatic carbocycles. The Morgan fingerprint density at radius 2 is 1.83 bits per heavy atom. The van der Waals surface area contributed by atoms with Gasteiger partial charge >= 0.3 is 13.2 Å². The number of hydrogen-bond acceptors (Lipinski definition) is 5. The molecule has 1 aliphatic rings. The van der Waals surface area contributed by atoms with Crippen LogP contribution in [-0.2, 0) is 20.7 Å². The third-order valence-corrected chi connectivity index (χ3v) is 5.35. The van der Waals surface area contributed by atoms with Crippen LogP contribution in [0.15, 0.2) is 54.3 Å². The van der Waals surface area contributed by atoms with Crippen molar-refractivity contribution >= 4 is 19.3 Å². The minimum Gasteiger partial charge on any atom is -0.445 e. The lowest BCUT2D eigenvalue weighted by Gasteiger charge is -2.32. The minimum atomic E-state index is -0.739. The molecule has 0 unspecified atom stereocenters. The summed E-state index contributed by atoms with van der Waals surface area (Å²) in [6.07, 6.45) is 3.65. The van der Waals surface area contributed by atoms with Gasteiger partial charge in [0.25, 0.3) is 0 Å². The summed E-state index contributed by atoms with van der Waals surface area (Å²) in [4.78, 5) is 16.0. The number of ether oxygens (including phenoxy) is 1. The summed E-state index contributed by atoms with van der Waals surface area (Å²) < 4.78 is 31.6. The highest BCUT2D eigenvalue weighted by atomic mass is 19.1. The molecular formula is C22H26BFN2O4. The van der Waals surface area contributed by atoms with Crippen LogP contribution in [-0.4, -0.2) is 35.9 Å². The van der Waals surface area contributed by atoms with E-state index in [1.54, 1.807) is 12.1 Å². The van der Waals surface area contributed by atoms with Crippen molar-refractivity contribution in [3.8, 4) is 0 Å². The quantitative estimate of drug-likeness (QED) is 0.722. The summed E-state index contributed by atoms with van der Waals surface area (Å²) in [7, 11) is -0.739. The van der Waals surface area contributed by atoms with E-state index in [1.165, 1.54) is 6.20 Å². The van der Waals surface area contributed by atoms with E-state index in [1.807, 2.05) is 58.0 Å². The van der Waals surface area contributed by atoms with Crippen molar-refractivity contribution in [3.05, 3.63) is 71.2 Å². The van der Waals surface area contributed by atoms with Crippen molar-refractivity contribution in [2.24, 2.45) is 0 Å². The SMILES string of the molecule is CC1(C)OB(C(=Cc2ccncc2F)CNC(=O)OCc2ccccc2)OC1(C)C. The maximum atomic E-state index is 14.1. The van der Waals surface area contributed by atoms with E-state index in [-0.39, 0.29) is 13.2 Å². The monoisotopic (exact) mass is 412 g/mol. The highest BCUT2D eigenvalue weighted by Gasteiger charge is 2.52. The Bertz CT molecular complexity index is 902. The fourth-order valence-corrected chi connectivity index (χ4v) is 2.85. The number of rotatable bonds is 6. The van der Waals surface area contributed by atoms with Gasteiger partial charge in [0.2, 0.25) is 0 Å². The lowest BCUT2D eigenvalue weighted by Crippen LogP contribution is -2.41. The van der Waals surface area contributed by atoms with Gasteiger partial charge in [0.1, 0.15) is 12.4 Å². The molecule has 0 saturated carbocycles. The average molecular weight is 412 g/mol. The number of nitrogens with zero attached hydrogens (tertiary/aromatic N) is 1. The summed E-state index contributed by atoms with van der Waals surface area (Å²) in [5.41, 5.74) is 0.640. The highest BCUT2D eigenvalue weighted by Crippen LogP contribution is 2.38. The molecule has 0 atom stereocenters. The van der Waals surface area contributed by atoms with Crippen molar-refractivity contribution < 1.29 is 23.2 Å². The first-order chi connectivity index (χ1) is 14.2. The fourth-order valence-electron chi connectivity index (χ4n) is 2.85. The van der Waals surface area contributed by atoms with Gasteiger partial charge < -0.3 is 19.4 Å². The smallest absolute Gasteiger partial charge is 0.445 e. The zero-order chi connectivity index (χ0) is 21.8. The molecule has 1 aliphatic heterocycles. The molecule has 1 aromatic heterocycles. The maximum Gasteiger partial charge on any atom is 0.492 e. The Hall–Kier alpha value is -2.71. The van der Waals surface area contributed by atoms with E-state index in [2.05, 4.69) is 10.3 Å². The average Bonchev–Trinajstić information content (AvgIpc) is 2.92. The van der Waals surface area contributed by atoms with Crippen LogP contribution >= 0.6 is 0 Å². The second kappa shape index (κ2) is 8.98. The Morgan fingerprint density at radius 1 is 1.17 bits per heavy atom. The molecule has 1 aromatic carbocycles. The number of pyridine rings is 1. The van der Waals surface area contributed by atoms with E-state index in [9.17, 15) is 9.18 Å². The molecular weight excluding hydrogens is 386 g/mol. The fraction of sp³-hybridized carbons (Fsp3) is 0.364. The lowest BCUT2D eigenvalue weighted by atomic mass is 9.77. The predicted octanol–water partition coefficient (Wildman–Crippen LogP) is 4.16. The normalized spacial score (nSPS) is 17.6. The minimum absolute atomic E-state index is 0.0756. The third kappa shape index (κ3) is 5.26. The number of nitrogens with one attached hydrogen (secondary N) is 1. The molecule has 1 saturated heterocycles. The van der Waals surface area contributed by atoms with Gasteiger partial charge in [-0.25, -0.2) is 9.18 Å². The Kier molecular flexibility index (Phi) is 6.58. The Morgan fingerprint density at radius 3 is 2.47 bits per heavy atom. The van der Waals surface area contributed by atoms with Crippen LogP contribution in [0.2, 0.25) is 0 Å². The van der Waals surface area contributed by atoms with Crippen LogP contribution in [0.25, 0.3) is 6.08 Å². The molecule has 2 heterocycles. The molecule has 2 aromatic rings. The number of benzene rings is 1. The van der Waals surface area contributed by atoms with Crippen molar-refractivity contribution in [1.82, 2.24) is 10.3 Å². The van der Waals surface area contributed by atoms with Gasteiger partial charge in [0.15, 0.2) is 0 Å². The topological polar surface area (TPSA) is 69.7 Å². The van der Waals surface area contributed by atoms with E-state index >= 15 is 0 Å². The Balaban J connectivity index is 1.72. The van der Waals surface area contributed by atoms with Crippen LogP contribution in [0.1, 0.15) is 38.8 Å². The largest absolute Gasteiger partial charge is 0.492 e. The zero-order valence-electron chi connectivity index (χ0n) is 17.6. The van der Waals surface area contributed by atoms with Crippen molar-refractivity contribution in [1.29, 1.82) is 0 Å². The predicted molar refractivity (Wildman–Crippen MR) is 113 cm³/mol. The summed E-state index contributed by atoms with van der Waals surface area (Å²) in [6.45, 7) is 7.95.